The van der Waals surface area contributed by atoms with Gasteiger partial charge in [-0.1, -0.05) is 48.0 Å². The van der Waals surface area contributed by atoms with Gasteiger partial charge in [0.15, 0.2) is 11.6 Å². The van der Waals surface area contributed by atoms with Crippen molar-refractivity contribution in [1.29, 1.82) is 0 Å². The zero-order chi connectivity index (χ0) is 25.2. The fourth-order valence-corrected chi connectivity index (χ4v) is 4.98. The monoisotopic (exact) mass is 510 g/mol. The van der Waals surface area contributed by atoms with Crippen LogP contribution in [0.3, 0.4) is 0 Å². The maximum atomic E-state index is 15.9. The molecule has 0 bridgehead atoms. The number of phenolic OH excluding ortho intramolecular Hbond substituents is 1. The molecule has 1 N–H and O–H groups in total. The summed E-state index contributed by atoms with van der Waals surface area (Å²) >= 11 is 6.65. The molecule has 1 saturated heterocycles. The van der Waals surface area contributed by atoms with Gasteiger partial charge in [0.2, 0.25) is 0 Å². The van der Waals surface area contributed by atoms with E-state index in [-0.39, 0.29) is 34.0 Å². The van der Waals surface area contributed by atoms with E-state index in [1.807, 2.05) is 18.2 Å². The van der Waals surface area contributed by atoms with E-state index in [2.05, 4.69) is 31.9 Å². The number of halogens is 3. The molecule has 1 aliphatic rings. The van der Waals surface area contributed by atoms with Crippen LogP contribution in [0.5, 0.6) is 11.5 Å². The van der Waals surface area contributed by atoms with Crippen LogP contribution in [0.2, 0.25) is 5.02 Å². The van der Waals surface area contributed by atoms with Crippen molar-refractivity contribution in [3.05, 3.63) is 77.1 Å². The van der Waals surface area contributed by atoms with Crippen molar-refractivity contribution in [2.45, 2.75) is 13.5 Å². The van der Waals surface area contributed by atoms with Crippen molar-refractivity contribution >= 4 is 28.3 Å². The lowest BCUT2D eigenvalue weighted by Gasteiger charge is -2.36. The number of benzene rings is 3. The van der Waals surface area contributed by atoms with Gasteiger partial charge in [0.05, 0.1) is 22.6 Å². The first kappa shape index (κ1) is 24.2. The normalized spacial score (nSPS) is 14.4. The smallest absolute Gasteiger partial charge is 0.159 e. The summed E-state index contributed by atoms with van der Waals surface area (Å²) < 4.78 is 36.5. The average Bonchev–Trinajstić information content (AvgIpc) is 2.89. The minimum atomic E-state index is -0.842. The van der Waals surface area contributed by atoms with Gasteiger partial charge in [-0.15, -0.1) is 0 Å². The maximum absolute atomic E-state index is 15.9. The van der Waals surface area contributed by atoms with E-state index in [9.17, 15) is 9.50 Å². The molecule has 186 valence electrons. The predicted molar refractivity (Wildman–Crippen MR) is 137 cm³/mol. The van der Waals surface area contributed by atoms with Crippen LogP contribution in [0, 0.1) is 11.6 Å². The lowest BCUT2D eigenvalue weighted by atomic mass is 10.00. The molecule has 0 radical (unpaired) electrons. The first-order valence-corrected chi connectivity index (χ1v) is 12.1. The molecule has 1 fully saturated rings. The van der Waals surface area contributed by atoms with Crippen LogP contribution >= 0.6 is 11.6 Å². The van der Waals surface area contributed by atoms with E-state index in [0.29, 0.717) is 24.3 Å². The summed E-state index contributed by atoms with van der Waals surface area (Å²) in [5, 5.41) is 10.5. The van der Waals surface area contributed by atoms with Crippen molar-refractivity contribution in [1.82, 2.24) is 14.9 Å². The molecular formula is C27H25ClF2N4O2. The summed E-state index contributed by atoms with van der Waals surface area (Å²) in [6, 6.07) is 14.0. The van der Waals surface area contributed by atoms with Crippen molar-refractivity contribution < 1.29 is 18.6 Å². The Hall–Kier alpha value is -3.49. The summed E-state index contributed by atoms with van der Waals surface area (Å²) in [5.41, 5.74) is 0.574. The molecule has 4 aromatic rings. The van der Waals surface area contributed by atoms with E-state index in [1.165, 1.54) is 24.0 Å². The second-order valence-electron chi connectivity index (χ2n) is 8.57. The first-order valence-electron chi connectivity index (χ1n) is 11.8. The Bertz CT molecular complexity index is 1380. The Balaban J connectivity index is 1.56. The van der Waals surface area contributed by atoms with E-state index < -0.39 is 17.4 Å². The van der Waals surface area contributed by atoms with Crippen molar-refractivity contribution in [3.8, 4) is 22.6 Å². The largest absolute Gasteiger partial charge is 0.507 e. The molecule has 0 spiro atoms. The Kier molecular flexibility index (Phi) is 6.89. The van der Waals surface area contributed by atoms with E-state index in [4.69, 9.17) is 16.3 Å². The van der Waals surface area contributed by atoms with Crippen LogP contribution in [0.1, 0.15) is 12.5 Å². The fraction of sp³-hybridized carbons (Fsp3) is 0.259. The third kappa shape index (κ3) is 4.42. The summed E-state index contributed by atoms with van der Waals surface area (Å²) in [6.45, 7) is 5.78. The molecule has 0 unspecified atom stereocenters. The zero-order valence-corrected chi connectivity index (χ0v) is 20.5. The van der Waals surface area contributed by atoms with Gasteiger partial charge >= 0.3 is 0 Å². The summed E-state index contributed by atoms with van der Waals surface area (Å²) in [7, 11) is 0. The number of rotatable bonds is 6. The minimum Gasteiger partial charge on any atom is -0.507 e. The molecule has 1 aromatic heterocycles. The standard InChI is InChI=1S/C27H25ClF2N4O2/c1-2-36-26-22-25(24(30)21(23(26)28)20-18(29)9-6-10-19(20)35)31-16-32-27(22)34-13-11-33(12-14-34)15-17-7-4-3-5-8-17/h3-10,16,35H,2,11-15H2,1H3. The van der Waals surface area contributed by atoms with Crippen molar-refractivity contribution in [2.75, 3.05) is 37.7 Å². The topological polar surface area (TPSA) is 61.7 Å². The second kappa shape index (κ2) is 10.2. The highest BCUT2D eigenvalue weighted by Crippen LogP contribution is 2.48. The van der Waals surface area contributed by atoms with Gasteiger partial charge in [0, 0.05) is 38.3 Å². The van der Waals surface area contributed by atoms with Gasteiger partial charge in [0.1, 0.15) is 29.2 Å². The molecule has 0 saturated carbocycles. The van der Waals surface area contributed by atoms with Gasteiger partial charge in [0.25, 0.3) is 0 Å². The SMILES string of the molecule is CCOc1c(Cl)c(-c2c(O)cccc2F)c(F)c2ncnc(N3CCN(Cc4ccccc4)CC3)c12. The lowest BCUT2D eigenvalue weighted by molar-refractivity contribution is 0.249. The van der Waals surface area contributed by atoms with Gasteiger partial charge in [-0.2, -0.15) is 0 Å². The van der Waals surface area contributed by atoms with E-state index in [0.717, 1.165) is 25.7 Å². The number of ether oxygens (including phenoxy) is 1. The molecule has 9 heteroatoms. The molecule has 1 aliphatic heterocycles. The molecular weight excluding hydrogens is 486 g/mol. The lowest BCUT2D eigenvalue weighted by Crippen LogP contribution is -2.46. The predicted octanol–water partition coefficient (Wildman–Crippen LogP) is 5.65. The highest BCUT2D eigenvalue weighted by Gasteiger charge is 2.29. The average molecular weight is 511 g/mol. The number of hydrogen-bond acceptors (Lipinski definition) is 6. The summed E-state index contributed by atoms with van der Waals surface area (Å²) in [4.78, 5) is 13.1. The van der Waals surface area contributed by atoms with Crippen molar-refractivity contribution in [3.63, 3.8) is 0 Å². The molecule has 0 atom stereocenters. The Labute approximate surface area is 212 Å². The highest BCUT2D eigenvalue weighted by molar-refractivity contribution is 6.36. The van der Waals surface area contributed by atoms with Gasteiger partial charge in [-0.25, -0.2) is 18.7 Å². The number of phenols is 1. The molecule has 0 amide bonds. The Morgan fingerprint density at radius 2 is 1.72 bits per heavy atom. The van der Waals surface area contributed by atoms with Crippen molar-refractivity contribution in [2.24, 2.45) is 0 Å². The van der Waals surface area contributed by atoms with E-state index in [1.54, 1.807) is 6.92 Å². The quantitative estimate of drug-likeness (QED) is 0.361. The van der Waals surface area contributed by atoms with Crippen LogP contribution in [0.15, 0.2) is 54.9 Å². The van der Waals surface area contributed by atoms with Gasteiger partial charge < -0.3 is 14.7 Å². The Morgan fingerprint density at radius 3 is 2.42 bits per heavy atom. The number of hydrogen-bond donors (Lipinski definition) is 1. The Morgan fingerprint density at radius 1 is 0.972 bits per heavy atom. The van der Waals surface area contributed by atoms with Crippen LogP contribution in [0.25, 0.3) is 22.0 Å². The molecule has 5 rings (SSSR count). The van der Waals surface area contributed by atoms with Crippen LogP contribution in [-0.2, 0) is 6.54 Å². The summed E-state index contributed by atoms with van der Waals surface area (Å²) in [6.07, 6.45) is 1.28. The number of fused-ring (bicyclic) bond motifs is 1. The van der Waals surface area contributed by atoms with Crippen LogP contribution < -0.4 is 9.64 Å². The molecule has 2 heterocycles. The van der Waals surface area contributed by atoms with Gasteiger partial charge in [-0.3, -0.25) is 4.90 Å². The summed E-state index contributed by atoms with van der Waals surface area (Å²) in [5.74, 6) is -1.41. The van der Waals surface area contributed by atoms with E-state index >= 15 is 4.39 Å². The first-order chi connectivity index (χ1) is 17.5. The molecule has 0 aliphatic carbocycles. The highest BCUT2D eigenvalue weighted by atomic mass is 35.5. The fourth-order valence-electron chi connectivity index (χ4n) is 4.65. The molecule has 3 aromatic carbocycles. The molecule has 36 heavy (non-hydrogen) atoms. The number of aromatic hydroxyl groups is 1. The number of piperazine rings is 1. The molecule has 6 nitrogen and oxygen atoms in total. The van der Waals surface area contributed by atoms with Crippen LogP contribution in [0.4, 0.5) is 14.6 Å². The van der Waals surface area contributed by atoms with Crippen LogP contribution in [-0.4, -0.2) is 52.8 Å². The number of nitrogens with zero attached hydrogens (tertiary/aromatic N) is 4. The maximum Gasteiger partial charge on any atom is 0.159 e. The third-order valence-electron chi connectivity index (χ3n) is 6.35. The third-order valence-corrected chi connectivity index (χ3v) is 6.71. The zero-order valence-electron chi connectivity index (χ0n) is 19.7. The number of aromatic nitrogens is 2. The number of anilines is 1. The second-order valence-corrected chi connectivity index (χ2v) is 8.95. The van der Waals surface area contributed by atoms with Gasteiger partial charge in [-0.05, 0) is 24.6 Å². The minimum absolute atomic E-state index is 0.0442.